The Morgan fingerprint density at radius 2 is 0.750 bits per heavy atom. The van der Waals surface area contributed by atoms with Gasteiger partial charge in [0.1, 0.15) is 0 Å². The topological polar surface area (TPSA) is 24.7 Å². The fourth-order valence-corrected chi connectivity index (χ4v) is 3.44. The van der Waals surface area contributed by atoms with Crippen LogP contribution in [0.5, 0.6) is 0 Å². The molecule has 2 rings (SSSR count). The first-order valence-corrected chi connectivity index (χ1v) is 10.4. The lowest BCUT2D eigenvalue weighted by Gasteiger charge is -2.15. The Labute approximate surface area is 171 Å². The molecule has 28 heavy (non-hydrogen) atoms. The highest BCUT2D eigenvalue weighted by Crippen LogP contribution is 2.35. The predicted molar refractivity (Wildman–Crippen MR) is 123 cm³/mol. The molecule has 0 amide bonds. The summed E-state index contributed by atoms with van der Waals surface area (Å²) in [6.07, 6.45) is 0. The van der Waals surface area contributed by atoms with Gasteiger partial charge >= 0.3 is 0 Å². The van der Waals surface area contributed by atoms with Crippen LogP contribution in [0, 0.1) is 0 Å². The van der Waals surface area contributed by atoms with Crippen LogP contribution in [0.4, 0.5) is 11.4 Å². The van der Waals surface area contributed by atoms with Crippen LogP contribution >= 0.6 is 0 Å². The molecule has 0 atom stereocenters. The molecule has 0 spiro atoms. The Morgan fingerprint density at radius 3 is 0.964 bits per heavy atom. The molecule has 2 heteroatoms. The second kappa shape index (κ2) is 9.69. The van der Waals surface area contributed by atoms with Crippen LogP contribution in [-0.4, -0.2) is 11.7 Å². The third-order valence-electron chi connectivity index (χ3n) is 5.07. The monoisotopic (exact) mass is 374 g/mol. The van der Waals surface area contributed by atoms with E-state index in [2.05, 4.69) is 114 Å². The average molecular weight is 375 g/mol. The lowest BCUT2D eigenvalue weighted by atomic mass is 9.93. The van der Waals surface area contributed by atoms with Crippen LogP contribution in [0.25, 0.3) is 0 Å². The molecule has 0 aliphatic rings. The number of rotatable bonds is 6. The smallest absolute Gasteiger partial charge is 0.0806 e. The summed E-state index contributed by atoms with van der Waals surface area (Å²) in [7, 11) is 0. The van der Waals surface area contributed by atoms with E-state index in [9.17, 15) is 0 Å². The van der Waals surface area contributed by atoms with Crippen LogP contribution in [0.15, 0.2) is 46.4 Å². The van der Waals surface area contributed by atoms with Gasteiger partial charge in [-0.05, 0) is 45.9 Å². The van der Waals surface area contributed by atoms with Crippen LogP contribution in [0.2, 0.25) is 0 Å². The van der Waals surface area contributed by atoms with Crippen molar-refractivity contribution in [1.29, 1.82) is 0 Å². The van der Waals surface area contributed by atoms with E-state index in [0.717, 1.165) is 11.4 Å². The van der Waals surface area contributed by atoms with Gasteiger partial charge in [-0.1, -0.05) is 91.8 Å². The maximum Gasteiger partial charge on any atom is 0.0806 e. The first-order valence-electron chi connectivity index (χ1n) is 10.4. The fraction of sp³-hybridized carbons (Fsp3) is 0.462. The molecule has 2 aromatic carbocycles. The molecule has 0 aliphatic carbocycles. The Kier molecular flexibility index (Phi) is 7.58. The normalized spacial score (nSPS) is 11.1. The highest BCUT2D eigenvalue weighted by molar-refractivity contribution is 5.92. The standard InChI is InChI=1S/C26H34N2/c1-17(2)21-11-9-12-22(18(3)4)25(21)27-15-16-28-26-23(19(5)6)13-10-14-24(26)20(7)8/h9-14,17-20H,1-8H3. The van der Waals surface area contributed by atoms with Crippen molar-refractivity contribution in [2.24, 2.45) is 9.98 Å². The molecule has 0 fully saturated rings. The van der Waals surface area contributed by atoms with Crippen molar-refractivity contribution < 1.29 is 0 Å². The van der Waals surface area contributed by atoms with Gasteiger partial charge in [0, 0.05) is 0 Å². The maximum atomic E-state index is 4.66. The lowest BCUT2D eigenvalue weighted by molar-refractivity contribution is 0.834. The first-order chi connectivity index (χ1) is 13.2. The van der Waals surface area contributed by atoms with E-state index >= 15 is 0 Å². The minimum Gasteiger partial charge on any atom is -0.196 e. The highest BCUT2D eigenvalue weighted by atomic mass is 14.8. The van der Waals surface area contributed by atoms with Crippen molar-refractivity contribution in [3.8, 4) is 0 Å². The van der Waals surface area contributed by atoms with Crippen molar-refractivity contribution >= 4 is 23.1 Å². The number of hydrogen-bond acceptors (Lipinski definition) is 2. The fourth-order valence-electron chi connectivity index (χ4n) is 3.44. The Hall–Kier alpha value is -2.40. The summed E-state index contributed by atoms with van der Waals surface area (Å²) in [6.45, 7) is 17.6. The van der Waals surface area contributed by atoms with Gasteiger partial charge in [0.05, 0.1) is 23.1 Å². The zero-order valence-electron chi connectivity index (χ0n) is 18.7. The SMILES string of the molecule is CC(C)c1cccc(C(C)C)c1N=C=C=Nc1c(C(C)C)cccc1C(C)C. The summed E-state index contributed by atoms with van der Waals surface area (Å²) < 4.78 is 0. The molecular formula is C26H34N2. The molecule has 2 aromatic rings. The molecule has 148 valence electrons. The van der Waals surface area contributed by atoms with Crippen LogP contribution in [0.1, 0.15) is 101 Å². The van der Waals surface area contributed by atoms with E-state index in [1.165, 1.54) is 22.3 Å². The average Bonchev–Trinajstić information content (AvgIpc) is 2.64. The summed E-state index contributed by atoms with van der Waals surface area (Å²) >= 11 is 0. The largest absolute Gasteiger partial charge is 0.196 e. The second-order valence-electron chi connectivity index (χ2n) is 8.64. The summed E-state index contributed by atoms with van der Waals surface area (Å²) in [5, 5.41) is 0. The third-order valence-corrected chi connectivity index (χ3v) is 5.07. The molecule has 0 aromatic heterocycles. The summed E-state index contributed by atoms with van der Waals surface area (Å²) in [5.41, 5.74) is 6.99. The molecule has 2 nitrogen and oxygen atoms in total. The number of hydrogen-bond donors (Lipinski definition) is 0. The molecule has 0 radical (unpaired) electrons. The van der Waals surface area contributed by atoms with Gasteiger partial charge in [-0.3, -0.25) is 0 Å². The Balaban J connectivity index is 2.59. The molecule has 0 heterocycles. The molecule has 0 N–H and O–H groups in total. The van der Waals surface area contributed by atoms with Gasteiger partial charge in [-0.25, -0.2) is 0 Å². The molecule has 0 saturated carbocycles. The molecule has 0 saturated heterocycles. The summed E-state index contributed by atoms with van der Waals surface area (Å²) in [5.74, 6) is 7.59. The van der Waals surface area contributed by atoms with E-state index in [0.29, 0.717) is 23.7 Å². The minimum absolute atomic E-state index is 0.408. The molecule has 0 unspecified atom stereocenters. The Morgan fingerprint density at radius 1 is 0.500 bits per heavy atom. The molecule has 0 bridgehead atoms. The summed E-state index contributed by atoms with van der Waals surface area (Å²) in [4.78, 5) is 9.32. The van der Waals surface area contributed by atoms with E-state index in [1.807, 2.05) is 0 Å². The van der Waals surface area contributed by atoms with E-state index in [4.69, 9.17) is 0 Å². The van der Waals surface area contributed by atoms with Gasteiger partial charge in [0.15, 0.2) is 0 Å². The third kappa shape index (κ3) is 5.10. The molecule has 0 aliphatic heterocycles. The van der Waals surface area contributed by atoms with E-state index < -0.39 is 0 Å². The zero-order chi connectivity index (χ0) is 20.8. The van der Waals surface area contributed by atoms with E-state index in [1.54, 1.807) is 0 Å². The molecular weight excluding hydrogens is 340 g/mol. The van der Waals surface area contributed by atoms with Crippen molar-refractivity contribution in [2.75, 3.05) is 0 Å². The van der Waals surface area contributed by atoms with Gasteiger partial charge < -0.3 is 0 Å². The van der Waals surface area contributed by atoms with Crippen molar-refractivity contribution in [3.63, 3.8) is 0 Å². The highest BCUT2D eigenvalue weighted by Gasteiger charge is 2.13. The summed E-state index contributed by atoms with van der Waals surface area (Å²) in [6, 6.07) is 12.8. The van der Waals surface area contributed by atoms with Crippen molar-refractivity contribution in [3.05, 3.63) is 58.7 Å². The van der Waals surface area contributed by atoms with Gasteiger partial charge in [-0.15, -0.1) is 0 Å². The van der Waals surface area contributed by atoms with Gasteiger partial charge in [0.25, 0.3) is 0 Å². The predicted octanol–water partition coefficient (Wildman–Crippen LogP) is 8.04. The lowest BCUT2D eigenvalue weighted by Crippen LogP contribution is -1.95. The van der Waals surface area contributed by atoms with Crippen LogP contribution in [-0.2, 0) is 0 Å². The minimum atomic E-state index is 0.408. The number of para-hydroxylation sites is 2. The Bertz CT molecular complexity index is 776. The maximum absolute atomic E-state index is 4.66. The van der Waals surface area contributed by atoms with Crippen molar-refractivity contribution in [2.45, 2.75) is 79.1 Å². The van der Waals surface area contributed by atoms with Crippen LogP contribution in [0.3, 0.4) is 0 Å². The van der Waals surface area contributed by atoms with E-state index in [-0.39, 0.29) is 0 Å². The van der Waals surface area contributed by atoms with Crippen LogP contribution < -0.4 is 0 Å². The van der Waals surface area contributed by atoms with Crippen molar-refractivity contribution in [1.82, 2.24) is 0 Å². The number of aliphatic imine (C=N–C) groups is 2. The van der Waals surface area contributed by atoms with Gasteiger partial charge in [0.2, 0.25) is 0 Å². The number of benzene rings is 2. The second-order valence-corrected chi connectivity index (χ2v) is 8.64. The first kappa shape index (κ1) is 21.9. The zero-order valence-corrected chi connectivity index (χ0v) is 18.7. The van der Waals surface area contributed by atoms with Gasteiger partial charge in [-0.2, -0.15) is 9.98 Å². The quantitative estimate of drug-likeness (QED) is 0.457. The number of nitrogens with zero attached hydrogens (tertiary/aromatic N) is 2.